The molecule has 0 saturated carbocycles. The molecule has 1 aromatic rings. The standard InChI is InChI=1S/C23H34N8O/c1-2-5-21-27-28-23(24)26-19-7-3-6-18(14-19)16-29-10-12-30(13-11-29)17-22(32)25-15-20-8-4-9-31(20)21/h2-3,5-7,14,20H,4,8-13,15-17H2,1H3,(H,25,32)(H3,24,26,28)/b5-2-,27-21+. The van der Waals surface area contributed by atoms with Gasteiger partial charge in [0.15, 0.2) is 0 Å². The number of allylic oxidation sites excluding steroid dienone is 1. The maximum absolute atomic E-state index is 12.6. The highest BCUT2D eigenvalue weighted by molar-refractivity contribution is 5.94. The second-order valence-electron chi connectivity index (χ2n) is 8.59. The molecule has 1 atom stereocenters. The number of nitrogens with two attached hydrogens (primary N) is 1. The van der Waals surface area contributed by atoms with Crippen molar-refractivity contribution in [3.8, 4) is 0 Å². The van der Waals surface area contributed by atoms with Crippen molar-refractivity contribution in [2.45, 2.75) is 32.4 Å². The quantitative estimate of drug-likeness (QED) is 0.600. The summed E-state index contributed by atoms with van der Waals surface area (Å²) in [6.07, 6.45) is 6.00. The minimum Gasteiger partial charge on any atom is -0.368 e. The number of nitrogens with one attached hydrogen (secondary N) is 2. The van der Waals surface area contributed by atoms with Crippen molar-refractivity contribution in [3.05, 3.63) is 42.0 Å². The van der Waals surface area contributed by atoms with Gasteiger partial charge < -0.3 is 16.0 Å². The van der Waals surface area contributed by atoms with Gasteiger partial charge in [0.25, 0.3) is 0 Å². The van der Waals surface area contributed by atoms with Crippen molar-refractivity contribution in [1.82, 2.24) is 25.4 Å². The van der Waals surface area contributed by atoms with Crippen LogP contribution >= 0.6 is 0 Å². The number of aliphatic imine (C=N–C) groups is 1. The average molecular weight is 439 g/mol. The Kier molecular flexibility index (Phi) is 7.39. The first-order valence-corrected chi connectivity index (χ1v) is 11.5. The molecule has 4 heterocycles. The monoisotopic (exact) mass is 438 g/mol. The van der Waals surface area contributed by atoms with E-state index in [2.05, 4.69) is 47.7 Å². The number of guanidine groups is 1. The highest BCUT2D eigenvalue weighted by atomic mass is 16.2. The lowest BCUT2D eigenvalue weighted by Crippen LogP contribution is -2.50. The van der Waals surface area contributed by atoms with E-state index >= 15 is 0 Å². The third-order valence-electron chi connectivity index (χ3n) is 6.21. The van der Waals surface area contributed by atoms with Crippen LogP contribution in [0.5, 0.6) is 0 Å². The van der Waals surface area contributed by atoms with Crippen molar-refractivity contribution in [1.29, 1.82) is 0 Å². The molecule has 2 fully saturated rings. The number of carbonyl (C=O) groups is 1. The minimum absolute atomic E-state index is 0.0925. The van der Waals surface area contributed by atoms with Gasteiger partial charge in [0.2, 0.25) is 11.9 Å². The molecule has 1 aromatic carbocycles. The van der Waals surface area contributed by atoms with Crippen LogP contribution in [0.15, 0.2) is 46.5 Å². The van der Waals surface area contributed by atoms with Crippen LogP contribution in [0.1, 0.15) is 25.3 Å². The first-order valence-electron chi connectivity index (χ1n) is 11.5. The molecule has 4 bridgehead atoms. The third kappa shape index (κ3) is 5.86. The van der Waals surface area contributed by atoms with Crippen molar-refractivity contribution in [3.63, 3.8) is 0 Å². The summed E-state index contributed by atoms with van der Waals surface area (Å²) in [5.41, 5.74) is 11.0. The molecule has 4 aliphatic rings. The first-order chi connectivity index (χ1) is 15.6. The Morgan fingerprint density at radius 1 is 1.12 bits per heavy atom. The Bertz CT molecular complexity index is 888. The number of amidine groups is 1. The Hall–Kier alpha value is -2.91. The highest BCUT2D eigenvalue weighted by Crippen LogP contribution is 2.19. The molecular weight excluding hydrogens is 404 g/mol. The average Bonchev–Trinajstić information content (AvgIpc) is 3.25. The van der Waals surface area contributed by atoms with Gasteiger partial charge in [-0.05, 0) is 43.5 Å². The number of rotatable bonds is 1. The number of hydrazone groups is 1. The van der Waals surface area contributed by atoms with Gasteiger partial charge in [-0.1, -0.05) is 18.2 Å². The summed E-state index contributed by atoms with van der Waals surface area (Å²) in [7, 11) is 0. The zero-order valence-corrected chi connectivity index (χ0v) is 18.8. The summed E-state index contributed by atoms with van der Waals surface area (Å²) < 4.78 is 0. The molecule has 9 heteroatoms. The van der Waals surface area contributed by atoms with Crippen LogP contribution in [-0.4, -0.2) is 84.3 Å². The molecule has 2 saturated heterocycles. The van der Waals surface area contributed by atoms with Crippen molar-refractivity contribution in [2.24, 2.45) is 15.8 Å². The second kappa shape index (κ2) is 10.6. The summed E-state index contributed by atoms with van der Waals surface area (Å²) in [5, 5.41) is 7.67. The highest BCUT2D eigenvalue weighted by Gasteiger charge is 2.27. The molecule has 5 rings (SSSR count). The molecule has 4 N–H and O–H groups in total. The van der Waals surface area contributed by atoms with E-state index in [0.29, 0.717) is 13.1 Å². The van der Waals surface area contributed by atoms with Gasteiger partial charge in [0, 0.05) is 51.9 Å². The fourth-order valence-electron chi connectivity index (χ4n) is 4.55. The summed E-state index contributed by atoms with van der Waals surface area (Å²) in [6.45, 7) is 8.48. The molecule has 9 nitrogen and oxygen atoms in total. The van der Waals surface area contributed by atoms with E-state index in [9.17, 15) is 4.79 Å². The second-order valence-corrected chi connectivity index (χ2v) is 8.59. The Balaban J connectivity index is 1.59. The van der Waals surface area contributed by atoms with Gasteiger partial charge in [0.1, 0.15) is 5.84 Å². The van der Waals surface area contributed by atoms with Crippen LogP contribution in [0.2, 0.25) is 0 Å². The minimum atomic E-state index is 0.0925. The van der Waals surface area contributed by atoms with E-state index in [1.54, 1.807) is 0 Å². The van der Waals surface area contributed by atoms with Crippen LogP contribution in [-0.2, 0) is 11.3 Å². The lowest BCUT2D eigenvalue weighted by atomic mass is 10.1. The molecule has 0 aliphatic carbocycles. The molecule has 1 amide bonds. The predicted octanol–water partition coefficient (Wildman–Crippen LogP) is 0.824. The molecule has 0 aromatic heterocycles. The number of piperazine rings is 1. The van der Waals surface area contributed by atoms with E-state index in [1.807, 2.05) is 31.2 Å². The third-order valence-corrected chi connectivity index (χ3v) is 6.21. The predicted molar refractivity (Wildman–Crippen MR) is 128 cm³/mol. The topological polar surface area (TPSA) is 102 Å². The molecule has 172 valence electrons. The van der Waals surface area contributed by atoms with E-state index in [4.69, 9.17) is 5.73 Å². The Morgan fingerprint density at radius 2 is 1.91 bits per heavy atom. The van der Waals surface area contributed by atoms with Gasteiger partial charge in [-0.2, -0.15) is 5.10 Å². The van der Waals surface area contributed by atoms with Crippen LogP contribution < -0.4 is 16.5 Å². The molecule has 0 spiro atoms. The number of fused-ring (bicyclic) bond motifs is 7. The molecule has 32 heavy (non-hydrogen) atoms. The Labute approximate surface area is 190 Å². The number of hydrogen-bond donors (Lipinski definition) is 3. The number of nitrogens with zero attached hydrogens (tertiary/aromatic N) is 5. The molecule has 4 aliphatic heterocycles. The molecule has 0 radical (unpaired) electrons. The van der Waals surface area contributed by atoms with Gasteiger partial charge in [0.05, 0.1) is 12.2 Å². The zero-order valence-electron chi connectivity index (χ0n) is 18.8. The summed E-state index contributed by atoms with van der Waals surface area (Å²) in [6, 6.07) is 8.34. The zero-order chi connectivity index (χ0) is 22.3. The van der Waals surface area contributed by atoms with Gasteiger partial charge in [-0.25, -0.2) is 10.4 Å². The van der Waals surface area contributed by atoms with Gasteiger partial charge >= 0.3 is 0 Å². The number of hydrogen-bond acceptors (Lipinski definition) is 8. The van der Waals surface area contributed by atoms with Crippen LogP contribution in [0.25, 0.3) is 0 Å². The summed E-state index contributed by atoms with van der Waals surface area (Å²) >= 11 is 0. The number of amides is 1. The van der Waals surface area contributed by atoms with E-state index in [1.165, 1.54) is 5.56 Å². The largest absolute Gasteiger partial charge is 0.368 e. The summed E-state index contributed by atoms with van der Waals surface area (Å²) in [4.78, 5) is 24.0. The maximum atomic E-state index is 12.6. The normalized spacial score (nSPS) is 29.1. The van der Waals surface area contributed by atoms with Crippen LogP contribution in [0.3, 0.4) is 0 Å². The fraction of sp³-hybridized carbons (Fsp3) is 0.522. The maximum Gasteiger partial charge on any atom is 0.234 e. The molecule has 1 unspecified atom stereocenters. The van der Waals surface area contributed by atoms with Crippen molar-refractivity contribution < 1.29 is 4.79 Å². The van der Waals surface area contributed by atoms with Gasteiger partial charge in [-0.15, -0.1) is 0 Å². The summed E-state index contributed by atoms with van der Waals surface area (Å²) in [5.74, 6) is 1.14. The lowest BCUT2D eigenvalue weighted by Gasteiger charge is -2.34. The SMILES string of the molecule is C/C=C\C1=N/NC(N)=Nc2cccc(c2)CN2CCN(CC2)CC(=O)NCC2CCCN12. The van der Waals surface area contributed by atoms with Crippen molar-refractivity contribution >= 4 is 23.4 Å². The molecular formula is C23H34N8O. The lowest BCUT2D eigenvalue weighted by molar-refractivity contribution is -0.122. The number of benzene rings is 1. The number of carbonyl (C=O) groups excluding carboxylic acids is 1. The van der Waals surface area contributed by atoms with Crippen LogP contribution in [0, 0.1) is 0 Å². The smallest absolute Gasteiger partial charge is 0.234 e. The Morgan fingerprint density at radius 3 is 2.69 bits per heavy atom. The van der Waals surface area contributed by atoms with E-state index < -0.39 is 0 Å². The van der Waals surface area contributed by atoms with E-state index in [0.717, 1.165) is 63.6 Å². The van der Waals surface area contributed by atoms with Gasteiger partial charge in [-0.3, -0.25) is 14.6 Å². The van der Waals surface area contributed by atoms with Crippen LogP contribution in [0.4, 0.5) is 5.69 Å². The fourth-order valence-corrected chi connectivity index (χ4v) is 4.55. The van der Waals surface area contributed by atoms with Crippen molar-refractivity contribution in [2.75, 3.05) is 45.8 Å². The van der Waals surface area contributed by atoms with E-state index in [-0.39, 0.29) is 17.9 Å². The first kappa shape index (κ1) is 22.3.